The lowest BCUT2D eigenvalue weighted by Crippen LogP contribution is -2.33. The molecule has 10 nitrogen and oxygen atoms in total. The van der Waals surface area contributed by atoms with Crippen LogP contribution in [0.2, 0.25) is 5.02 Å². The molecule has 0 unspecified atom stereocenters. The Morgan fingerprint density at radius 2 is 1.84 bits per heavy atom. The molecule has 2 amide bonds. The van der Waals surface area contributed by atoms with Gasteiger partial charge in [-0.2, -0.15) is 0 Å². The van der Waals surface area contributed by atoms with Crippen LogP contribution in [-0.2, 0) is 21.3 Å². The highest BCUT2D eigenvalue weighted by Crippen LogP contribution is 2.25. The predicted octanol–water partition coefficient (Wildman–Crippen LogP) is 5.04. The van der Waals surface area contributed by atoms with E-state index in [4.69, 9.17) is 16.3 Å². The number of rotatable bonds is 9. The van der Waals surface area contributed by atoms with Gasteiger partial charge in [0.25, 0.3) is 5.91 Å². The molecule has 0 radical (unpaired) electrons. The highest BCUT2D eigenvalue weighted by molar-refractivity contribution is 7.90. The average Bonchev–Trinajstić information content (AvgIpc) is 3.08. The molecule has 200 valence electrons. The number of sulfonamides is 1. The summed E-state index contributed by atoms with van der Waals surface area (Å²) in [5.74, 6) is -0.276. The van der Waals surface area contributed by atoms with Gasteiger partial charge in [0.15, 0.2) is 5.65 Å². The van der Waals surface area contributed by atoms with E-state index < -0.39 is 27.6 Å². The van der Waals surface area contributed by atoms with Gasteiger partial charge in [-0.25, -0.2) is 27.9 Å². The molecular formula is C25H32ClN5O5S. The lowest BCUT2D eigenvalue weighted by molar-refractivity contribution is 0.0635. The smallest absolute Gasteiger partial charge is 0.412 e. The molecule has 0 aliphatic heterocycles. The van der Waals surface area contributed by atoms with Crippen LogP contribution in [0.25, 0.3) is 11.2 Å². The Kier molecular flexibility index (Phi) is 8.80. The van der Waals surface area contributed by atoms with Crippen LogP contribution in [0.5, 0.6) is 0 Å². The number of aryl methyl sites for hydroxylation is 1. The van der Waals surface area contributed by atoms with E-state index in [1.54, 1.807) is 56.5 Å². The number of unbranched alkanes of at least 4 members (excludes halogenated alkanes) is 2. The number of anilines is 1. The van der Waals surface area contributed by atoms with Gasteiger partial charge in [0, 0.05) is 10.7 Å². The zero-order valence-corrected chi connectivity index (χ0v) is 23.2. The van der Waals surface area contributed by atoms with Crippen LogP contribution in [-0.4, -0.2) is 46.3 Å². The van der Waals surface area contributed by atoms with E-state index in [2.05, 4.69) is 20.0 Å². The van der Waals surface area contributed by atoms with Crippen LogP contribution in [0.1, 0.15) is 68.8 Å². The first-order valence-corrected chi connectivity index (χ1v) is 14.0. The van der Waals surface area contributed by atoms with Crippen LogP contribution in [0.3, 0.4) is 0 Å². The number of fused-ring (bicyclic) bond motifs is 1. The maximum absolute atomic E-state index is 12.6. The number of aromatic nitrogens is 3. The van der Waals surface area contributed by atoms with Crippen molar-refractivity contribution < 1.29 is 22.7 Å². The molecule has 2 N–H and O–H groups in total. The van der Waals surface area contributed by atoms with Crippen molar-refractivity contribution >= 4 is 50.5 Å². The highest BCUT2D eigenvalue weighted by Gasteiger charge is 2.20. The van der Waals surface area contributed by atoms with Crippen molar-refractivity contribution in [2.75, 3.05) is 11.1 Å². The van der Waals surface area contributed by atoms with Gasteiger partial charge in [0.05, 0.1) is 12.3 Å². The van der Waals surface area contributed by atoms with Crippen LogP contribution in [0.15, 0.2) is 30.3 Å². The normalized spacial score (nSPS) is 11.9. The Hall–Kier alpha value is -3.18. The summed E-state index contributed by atoms with van der Waals surface area (Å²) in [5, 5.41) is 3.05. The Morgan fingerprint density at radius 3 is 2.49 bits per heavy atom. The second-order valence-electron chi connectivity index (χ2n) is 9.67. The minimum absolute atomic E-state index is 0.0317. The third kappa shape index (κ3) is 7.90. The number of nitrogens with zero attached hydrogens (tertiary/aromatic N) is 3. The van der Waals surface area contributed by atoms with Crippen molar-refractivity contribution in [3.63, 3.8) is 0 Å². The van der Waals surface area contributed by atoms with E-state index in [0.29, 0.717) is 40.7 Å². The summed E-state index contributed by atoms with van der Waals surface area (Å²) >= 11 is 6.50. The molecule has 12 heteroatoms. The summed E-state index contributed by atoms with van der Waals surface area (Å²) in [5.41, 5.74) is 1.52. The zero-order valence-electron chi connectivity index (χ0n) is 21.6. The van der Waals surface area contributed by atoms with E-state index in [-0.39, 0.29) is 11.4 Å². The number of benzene rings is 1. The average molecular weight is 550 g/mol. The molecule has 0 saturated carbocycles. The summed E-state index contributed by atoms with van der Waals surface area (Å²) in [6.45, 7) is 9.38. The molecule has 1 aromatic carbocycles. The summed E-state index contributed by atoms with van der Waals surface area (Å²) in [4.78, 5) is 33.6. The molecule has 37 heavy (non-hydrogen) atoms. The molecule has 0 spiro atoms. The fourth-order valence-corrected chi connectivity index (χ4v) is 4.88. The molecule has 0 bridgehead atoms. The molecular weight excluding hydrogens is 518 g/mol. The number of hydrogen-bond acceptors (Lipinski definition) is 7. The number of carbonyl (C=O) groups is 2. The Balaban J connectivity index is 1.80. The third-order valence-corrected chi connectivity index (χ3v) is 6.98. The number of amides is 2. The van der Waals surface area contributed by atoms with Crippen molar-refractivity contribution in [3.8, 4) is 0 Å². The van der Waals surface area contributed by atoms with Gasteiger partial charge in [0.1, 0.15) is 22.6 Å². The second kappa shape index (κ2) is 11.5. The van der Waals surface area contributed by atoms with Crippen molar-refractivity contribution in [2.24, 2.45) is 0 Å². The minimum Gasteiger partial charge on any atom is -0.444 e. The topological polar surface area (TPSA) is 132 Å². The van der Waals surface area contributed by atoms with Gasteiger partial charge in [-0.3, -0.25) is 10.1 Å². The van der Waals surface area contributed by atoms with E-state index in [1.807, 2.05) is 6.92 Å². The quantitative estimate of drug-likeness (QED) is 0.357. The Bertz CT molecular complexity index is 1410. The Morgan fingerprint density at radius 1 is 1.11 bits per heavy atom. The van der Waals surface area contributed by atoms with Gasteiger partial charge in [0.2, 0.25) is 10.0 Å². The number of carbonyl (C=O) groups excluding carboxylic acids is 2. The van der Waals surface area contributed by atoms with Gasteiger partial charge >= 0.3 is 6.09 Å². The van der Waals surface area contributed by atoms with Gasteiger partial charge < -0.3 is 9.30 Å². The van der Waals surface area contributed by atoms with E-state index in [1.165, 1.54) is 6.07 Å². The summed E-state index contributed by atoms with van der Waals surface area (Å²) in [6, 6.07) is 8.15. The second-order valence-corrected chi connectivity index (χ2v) is 11.9. The molecule has 0 aliphatic carbocycles. The lowest BCUT2D eigenvalue weighted by Gasteiger charge is -2.20. The first kappa shape index (κ1) is 28.4. The molecule has 0 atom stereocenters. The van der Waals surface area contributed by atoms with Crippen LogP contribution in [0.4, 0.5) is 10.5 Å². The predicted molar refractivity (Wildman–Crippen MR) is 143 cm³/mol. The number of hydrogen-bond donors (Lipinski definition) is 2. The number of halogens is 1. The maximum Gasteiger partial charge on any atom is 0.412 e. The lowest BCUT2D eigenvalue weighted by atomic mass is 10.2. The van der Waals surface area contributed by atoms with Crippen LogP contribution in [0, 0.1) is 6.92 Å². The molecule has 0 aliphatic rings. The number of nitrogens with one attached hydrogen (secondary N) is 2. The van der Waals surface area contributed by atoms with E-state index in [9.17, 15) is 18.0 Å². The largest absolute Gasteiger partial charge is 0.444 e. The van der Waals surface area contributed by atoms with Crippen molar-refractivity contribution in [1.82, 2.24) is 19.3 Å². The number of pyridine rings is 1. The third-order valence-electron chi connectivity index (χ3n) is 5.31. The first-order chi connectivity index (χ1) is 17.3. The summed E-state index contributed by atoms with van der Waals surface area (Å²) < 4.78 is 33.6. The monoisotopic (exact) mass is 549 g/mol. The SMILES string of the molecule is CCCCCS(=O)(=O)NC(=O)c1ccc2nc(C)n(Cc3ccc(NC(=O)OC(C)(C)C)cc3Cl)c2n1. The molecule has 0 saturated heterocycles. The van der Waals surface area contributed by atoms with E-state index >= 15 is 0 Å². The number of imidazole rings is 1. The first-order valence-electron chi connectivity index (χ1n) is 11.9. The summed E-state index contributed by atoms with van der Waals surface area (Å²) in [6.07, 6.45) is 1.52. The number of ether oxygens (including phenoxy) is 1. The highest BCUT2D eigenvalue weighted by atomic mass is 35.5. The molecule has 3 rings (SSSR count). The fraction of sp³-hybridized carbons (Fsp3) is 0.440. The molecule has 0 fully saturated rings. The zero-order chi connectivity index (χ0) is 27.4. The minimum atomic E-state index is -3.75. The van der Waals surface area contributed by atoms with Crippen molar-refractivity contribution in [1.29, 1.82) is 0 Å². The molecule has 2 heterocycles. The van der Waals surface area contributed by atoms with Gasteiger partial charge in [-0.05, 0) is 63.9 Å². The standard InChI is InChI=1S/C25H32ClN5O5S/c1-6-7-8-13-37(34,35)30-23(32)21-12-11-20-22(29-21)31(16(2)27-20)15-17-9-10-18(14-19(17)26)28-24(33)36-25(3,4)5/h9-12,14H,6-8,13,15H2,1-5H3,(H,28,33)(H,30,32). The van der Waals surface area contributed by atoms with Crippen molar-refractivity contribution in [2.45, 2.75) is 66.0 Å². The summed E-state index contributed by atoms with van der Waals surface area (Å²) in [7, 11) is -3.75. The van der Waals surface area contributed by atoms with Gasteiger partial charge in [-0.1, -0.05) is 37.4 Å². The van der Waals surface area contributed by atoms with Crippen LogP contribution >= 0.6 is 11.6 Å². The Labute approximate surface area is 221 Å². The van der Waals surface area contributed by atoms with E-state index in [0.717, 1.165) is 18.4 Å². The van der Waals surface area contributed by atoms with Gasteiger partial charge in [-0.15, -0.1) is 0 Å². The fourth-order valence-electron chi connectivity index (χ4n) is 3.56. The molecule has 2 aromatic heterocycles. The maximum atomic E-state index is 12.6. The van der Waals surface area contributed by atoms with Crippen LogP contribution < -0.4 is 10.0 Å². The van der Waals surface area contributed by atoms with Crippen molar-refractivity contribution in [3.05, 3.63) is 52.4 Å². The molecule has 3 aromatic rings.